The number of hydrogen-bond acceptors (Lipinski definition) is 3. The first-order valence-electron chi connectivity index (χ1n) is 8.78. The van der Waals surface area contributed by atoms with E-state index in [9.17, 15) is 31.1 Å². The Bertz CT molecular complexity index is 870. The van der Waals surface area contributed by atoms with Crippen LogP contribution < -0.4 is 5.32 Å². The quantitative estimate of drug-likeness (QED) is 0.299. The highest BCUT2D eigenvalue weighted by molar-refractivity contribution is 6.31. The molecule has 2 aromatic carbocycles. The summed E-state index contributed by atoms with van der Waals surface area (Å²) >= 11 is 10.8. The second kappa shape index (κ2) is 11.7. The van der Waals surface area contributed by atoms with Gasteiger partial charge < -0.3 is 10.2 Å². The summed E-state index contributed by atoms with van der Waals surface area (Å²) in [5, 5.41) is 2.41. The number of aldehydes is 1. The van der Waals surface area contributed by atoms with Gasteiger partial charge in [-0.3, -0.25) is 4.79 Å². The summed E-state index contributed by atoms with van der Waals surface area (Å²) in [5.74, 6) is 0. The number of benzene rings is 2. The van der Waals surface area contributed by atoms with Gasteiger partial charge in [-0.2, -0.15) is 26.3 Å². The number of rotatable bonds is 6. The largest absolute Gasteiger partial charge is 0.417 e. The number of carbonyl (C=O) groups excluding carboxylic acids is 1. The molecule has 0 aliphatic heterocycles. The number of nitrogens with one attached hydrogen (secondary N) is 1. The van der Waals surface area contributed by atoms with Gasteiger partial charge in [0.25, 0.3) is 0 Å². The molecule has 0 fully saturated rings. The minimum atomic E-state index is -4.52. The van der Waals surface area contributed by atoms with Crippen LogP contribution in [-0.4, -0.2) is 38.4 Å². The summed E-state index contributed by atoms with van der Waals surface area (Å²) in [6, 6.07) is 6.96. The summed E-state index contributed by atoms with van der Waals surface area (Å²) in [5.41, 5.74) is -1.24. The van der Waals surface area contributed by atoms with Gasteiger partial charge in [0.05, 0.1) is 21.2 Å². The van der Waals surface area contributed by atoms with E-state index in [1.807, 2.05) is 19.0 Å². The summed E-state index contributed by atoms with van der Waals surface area (Å²) in [7, 11) is 3.87. The lowest BCUT2D eigenvalue weighted by Gasteiger charge is -2.13. The molecule has 2 aromatic rings. The van der Waals surface area contributed by atoms with Crippen LogP contribution in [0.1, 0.15) is 27.0 Å². The van der Waals surface area contributed by atoms with Gasteiger partial charge in [0.15, 0.2) is 0 Å². The van der Waals surface area contributed by atoms with Crippen LogP contribution in [0, 0.1) is 0 Å². The Morgan fingerprint density at radius 2 is 1.42 bits per heavy atom. The van der Waals surface area contributed by atoms with Gasteiger partial charge in [-0.1, -0.05) is 35.3 Å². The molecular formula is C20H20Cl2F6N2O. The van der Waals surface area contributed by atoms with E-state index >= 15 is 0 Å². The van der Waals surface area contributed by atoms with Crippen molar-refractivity contribution in [2.24, 2.45) is 0 Å². The van der Waals surface area contributed by atoms with Crippen LogP contribution in [0.4, 0.5) is 26.3 Å². The van der Waals surface area contributed by atoms with Crippen LogP contribution in [0.3, 0.4) is 0 Å². The van der Waals surface area contributed by atoms with Gasteiger partial charge in [0.1, 0.15) is 6.29 Å². The summed E-state index contributed by atoms with van der Waals surface area (Å²) in [4.78, 5) is 12.2. The fourth-order valence-corrected chi connectivity index (χ4v) is 2.72. The summed E-state index contributed by atoms with van der Waals surface area (Å²) in [6.45, 7) is 1.95. The first kappa shape index (κ1) is 27.2. The fraction of sp³-hybridized carbons (Fsp3) is 0.350. The zero-order valence-electron chi connectivity index (χ0n) is 16.5. The van der Waals surface area contributed by atoms with Crippen LogP contribution >= 0.6 is 23.2 Å². The zero-order chi connectivity index (χ0) is 23.8. The van der Waals surface area contributed by atoms with Crippen molar-refractivity contribution >= 4 is 29.5 Å². The van der Waals surface area contributed by atoms with E-state index in [4.69, 9.17) is 23.2 Å². The van der Waals surface area contributed by atoms with E-state index < -0.39 is 28.5 Å². The molecule has 0 amide bonds. The third kappa shape index (κ3) is 9.47. The first-order chi connectivity index (χ1) is 14.3. The molecular weight excluding hydrogens is 469 g/mol. The van der Waals surface area contributed by atoms with Crippen LogP contribution in [0.2, 0.25) is 10.0 Å². The topological polar surface area (TPSA) is 32.3 Å². The fourth-order valence-electron chi connectivity index (χ4n) is 2.27. The zero-order valence-corrected chi connectivity index (χ0v) is 18.1. The van der Waals surface area contributed by atoms with Crippen molar-refractivity contribution in [1.82, 2.24) is 10.2 Å². The number of halogens is 8. The maximum atomic E-state index is 12.6. The monoisotopic (exact) mass is 488 g/mol. The van der Waals surface area contributed by atoms with E-state index in [0.29, 0.717) is 18.4 Å². The Morgan fingerprint density at radius 3 is 1.90 bits per heavy atom. The predicted molar refractivity (Wildman–Crippen MR) is 109 cm³/mol. The predicted octanol–water partition coefficient (Wildman–Crippen LogP) is 6.18. The molecule has 172 valence electrons. The number of hydrogen-bond donors (Lipinski definition) is 1. The molecule has 0 aliphatic carbocycles. The smallest absolute Gasteiger partial charge is 0.311 e. The Hall–Kier alpha value is -1.81. The third-order valence-corrected chi connectivity index (χ3v) is 4.49. The van der Waals surface area contributed by atoms with Crippen LogP contribution in [0.15, 0.2) is 36.4 Å². The lowest BCUT2D eigenvalue weighted by Crippen LogP contribution is -2.26. The van der Waals surface area contributed by atoms with E-state index in [2.05, 4.69) is 5.32 Å². The lowest BCUT2D eigenvalue weighted by atomic mass is 10.1. The van der Waals surface area contributed by atoms with Crippen LogP contribution in [-0.2, 0) is 18.9 Å². The highest BCUT2D eigenvalue weighted by atomic mass is 35.5. The molecule has 0 aromatic heterocycles. The maximum Gasteiger partial charge on any atom is 0.417 e. The van der Waals surface area contributed by atoms with E-state index in [1.54, 1.807) is 6.07 Å². The third-order valence-electron chi connectivity index (χ3n) is 3.83. The molecule has 0 saturated carbocycles. The molecule has 3 nitrogen and oxygen atoms in total. The standard InChI is InChI=1S/C12H16ClF3N2.C8H4ClF3O/c1-18(2)6-5-17-8-9-3-4-11(13)10(7-9)12(14,15)16;9-7-2-1-5(4-13)3-6(7)8(10,11)12/h3-4,7,17H,5-6,8H2,1-2H3;1-4H. The lowest BCUT2D eigenvalue weighted by molar-refractivity contribution is -0.138. The van der Waals surface area contributed by atoms with Crippen molar-refractivity contribution in [2.45, 2.75) is 18.9 Å². The van der Waals surface area contributed by atoms with Gasteiger partial charge in [-0.25, -0.2) is 0 Å². The molecule has 0 radical (unpaired) electrons. The molecule has 0 spiro atoms. The van der Waals surface area contributed by atoms with Gasteiger partial charge in [-0.05, 0) is 43.9 Å². The Morgan fingerprint density at radius 1 is 0.903 bits per heavy atom. The molecule has 31 heavy (non-hydrogen) atoms. The van der Waals surface area contributed by atoms with Gasteiger partial charge in [-0.15, -0.1) is 0 Å². The van der Waals surface area contributed by atoms with E-state index in [1.165, 1.54) is 12.1 Å². The molecule has 1 N–H and O–H groups in total. The molecule has 0 bridgehead atoms. The normalized spacial score (nSPS) is 11.8. The van der Waals surface area contributed by atoms with E-state index in [-0.39, 0.29) is 10.6 Å². The van der Waals surface area contributed by atoms with Crippen molar-refractivity contribution in [1.29, 1.82) is 0 Å². The second-order valence-electron chi connectivity index (χ2n) is 6.65. The molecule has 0 atom stereocenters. The molecule has 11 heteroatoms. The SMILES string of the molecule is CN(C)CCNCc1ccc(Cl)c(C(F)(F)F)c1.O=Cc1ccc(Cl)c(C(F)(F)F)c1. The summed E-state index contributed by atoms with van der Waals surface area (Å²) < 4.78 is 74.3. The average Bonchev–Trinajstić information content (AvgIpc) is 2.65. The highest BCUT2D eigenvalue weighted by Crippen LogP contribution is 2.35. The van der Waals surface area contributed by atoms with E-state index in [0.717, 1.165) is 31.3 Å². The van der Waals surface area contributed by atoms with Gasteiger partial charge in [0.2, 0.25) is 0 Å². The molecule has 0 saturated heterocycles. The molecule has 0 heterocycles. The molecule has 0 aliphatic rings. The molecule has 0 unspecified atom stereocenters. The van der Waals surface area contributed by atoms with Crippen LogP contribution in [0.25, 0.3) is 0 Å². The second-order valence-corrected chi connectivity index (χ2v) is 7.46. The number of carbonyl (C=O) groups is 1. The van der Waals surface area contributed by atoms with Gasteiger partial charge >= 0.3 is 12.4 Å². The van der Waals surface area contributed by atoms with Crippen molar-refractivity contribution in [3.63, 3.8) is 0 Å². The Labute approximate surface area is 185 Å². The van der Waals surface area contributed by atoms with Crippen molar-refractivity contribution in [3.05, 3.63) is 68.7 Å². The average molecular weight is 489 g/mol. The van der Waals surface area contributed by atoms with Gasteiger partial charge in [0, 0.05) is 25.2 Å². The Kier molecular flexibility index (Phi) is 10.3. The summed E-state index contributed by atoms with van der Waals surface area (Å²) in [6.07, 6.45) is -8.58. The van der Waals surface area contributed by atoms with Crippen molar-refractivity contribution < 1.29 is 31.1 Å². The minimum Gasteiger partial charge on any atom is -0.311 e. The Balaban J connectivity index is 0.000000327. The van der Waals surface area contributed by atoms with Crippen molar-refractivity contribution in [3.8, 4) is 0 Å². The number of nitrogens with zero attached hydrogens (tertiary/aromatic N) is 1. The number of likely N-dealkylation sites (N-methyl/N-ethyl adjacent to an activating group) is 1. The number of alkyl halides is 6. The first-order valence-corrected chi connectivity index (χ1v) is 9.54. The minimum absolute atomic E-state index is 0.0447. The maximum absolute atomic E-state index is 12.6. The van der Waals surface area contributed by atoms with Crippen molar-refractivity contribution in [2.75, 3.05) is 27.2 Å². The highest BCUT2D eigenvalue weighted by Gasteiger charge is 2.34. The molecule has 2 rings (SSSR count). The van der Waals surface area contributed by atoms with Crippen LogP contribution in [0.5, 0.6) is 0 Å².